The Morgan fingerprint density at radius 1 is 1.64 bits per heavy atom. The first-order valence-corrected chi connectivity index (χ1v) is 4.57. The molecule has 1 aromatic heterocycles. The van der Waals surface area contributed by atoms with E-state index >= 15 is 0 Å². The van der Waals surface area contributed by atoms with Crippen LogP contribution in [0.15, 0.2) is 6.20 Å². The van der Waals surface area contributed by atoms with Gasteiger partial charge in [-0.1, -0.05) is 0 Å². The third-order valence-corrected chi connectivity index (χ3v) is 2.01. The third kappa shape index (κ3) is 1.87. The number of methoxy groups -OCH3 is 1. The summed E-state index contributed by atoms with van der Waals surface area (Å²) in [5, 5.41) is 4.05. The first kappa shape index (κ1) is 11.0. The highest BCUT2D eigenvalue weighted by Gasteiger charge is 2.21. The molecule has 4 nitrogen and oxygen atoms in total. The minimum Gasteiger partial charge on any atom is -0.493 e. The Balaban J connectivity index is 3.12. The molecule has 0 aromatic carbocycles. The lowest BCUT2D eigenvalue weighted by molar-refractivity contribution is 0.304. The molecule has 0 aliphatic carbocycles. The monoisotopic (exact) mass is 201 g/mol. The van der Waals surface area contributed by atoms with E-state index in [1.54, 1.807) is 4.68 Å². The van der Waals surface area contributed by atoms with E-state index < -0.39 is 6.17 Å². The molecule has 14 heavy (non-hydrogen) atoms. The zero-order valence-corrected chi connectivity index (χ0v) is 8.70. The maximum atomic E-state index is 13.5. The molecule has 1 unspecified atom stereocenters. The molecular weight excluding hydrogens is 185 g/mol. The van der Waals surface area contributed by atoms with Crippen LogP contribution in [-0.4, -0.2) is 23.4 Å². The predicted molar refractivity (Wildman–Crippen MR) is 52.1 cm³/mol. The van der Waals surface area contributed by atoms with Gasteiger partial charge in [0.1, 0.15) is 5.69 Å². The van der Waals surface area contributed by atoms with Crippen LogP contribution in [0.25, 0.3) is 0 Å². The summed E-state index contributed by atoms with van der Waals surface area (Å²) in [6.45, 7) is 3.80. The molecule has 5 heteroatoms. The quantitative estimate of drug-likeness (QED) is 0.802. The highest BCUT2D eigenvalue weighted by molar-refractivity contribution is 5.27. The van der Waals surface area contributed by atoms with Gasteiger partial charge in [0, 0.05) is 12.6 Å². The van der Waals surface area contributed by atoms with Crippen LogP contribution in [0.2, 0.25) is 0 Å². The van der Waals surface area contributed by atoms with Crippen molar-refractivity contribution in [1.29, 1.82) is 0 Å². The topological polar surface area (TPSA) is 53.1 Å². The summed E-state index contributed by atoms with van der Waals surface area (Å²) in [5.41, 5.74) is 5.71. The minimum absolute atomic E-state index is 0.0607. The smallest absolute Gasteiger partial charge is 0.163 e. The number of hydrogen-bond acceptors (Lipinski definition) is 3. The standard InChI is InChI=1S/C9H16FN3O/c1-6(2)13-9(7(10)4-11)8(14-3)5-12-13/h5-7H,4,11H2,1-3H3. The van der Waals surface area contributed by atoms with Gasteiger partial charge in [-0.15, -0.1) is 0 Å². The molecule has 80 valence electrons. The Labute approximate surface area is 82.8 Å². The van der Waals surface area contributed by atoms with E-state index in [4.69, 9.17) is 10.5 Å². The zero-order chi connectivity index (χ0) is 10.7. The summed E-state index contributed by atoms with van der Waals surface area (Å²) in [5.74, 6) is 0.455. The summed E-state index contributed by atoms with van der Waals surface area (Å²) >= 11 is 0. The van der Waals surface area contributed by atoms with Gasteiger partial charge in [0.2, 0.25) is 0 Å². The Hall–Kier alpha value is -1.10. The van der Waals surface area contributed by atoms with Crippen LogP contribution in [0, 0.1) is 0 Å². The van der Waals surface area contributed by atoms with Gasteiger partial charge >= 0.3 is 0 Å². The second-order valence-electron chi connectivity index (χ2n) is 3.34. The third-order valence-electron chi connectivity index (χ3n) is 2.01. The Morgan fingerprint density at radius 2 is 2.29 bits per heavy atom. The van der Waals surface area contributed by atoms with Crippen LogP contribution in [0.1, 0.15) is 31.8 Å². The lowest BCUT2D eigenvalue weighted by Crippen LogP contribution is -2.15. The number of rotatable bonds is 4. The first-order chi connectivity index (χ1) is 6.61. The summed E-state index contributed by atoms with van der Waals surface area (Å²) in [7, 11) is 1.49. The average molecular weight is 201 g/mol. The number of ether oxygens (including phenoxy) is 1. The van der Waals surface area contributed by atoms with Crippen molar-refractivity contribution in [2.24, 2.45) is 5.73 Å². The van der Waals surface area contributed by atoms with Crippen molar-refractivity contribution in [2.75, 3.05) is 13.7 Å². The fourth-order valence-corrected chi connectivity index (χ4v) is 1.33. The van der Waals surface area contributed by atoms with Gasteiger partial charge in [0.05, 0.1) is 13.3 Å². The molecule has 0 fully saturated rings. The van der Waals surface area contributed by atoms with E-state index in [0.717, 1.165) is 0 Å². The SMILES string of the molecule is COc1cnn(C(C)C)c1C(F)CN. The van der Waals surface area contributed by atoms with Crippen LogP contribution in [-0.2, 0) is 0 Å². The minimum atomic E-state index is -1.23. The maximum absolute atomic E-state index is 13.5. The molecule has 0 bridgehead atoms. The number of aromatic nitrogens is 2. The number of alkyl halides is 1. The normalized spacial score (nSPS) is 13.3. The molecule has 0 spiro atoms. The average Bonchev–Trinajstić information content (AvgIpc) is 2.59. The van der Waals surface area contributed by atoms with Crippen LogP contribution in [0.5, 0.6) is 5.75 Å². The Bertz CT molecular complexity index is 298. The highest BCUT2D eigenvalue weighted by Crippen LogP contribution is 2.28. The molecule has 0 saturated heterocycles. The number of nitrogens with two attached hydrogens (primary N) is 1. The highest BCUT2D eigenvalue weighted by atomic mass is 19.1. The molecule has 0 aliphatic rings. The second kappa shape index (κ2) is 4.41. The van der Waals surface area contributed by atoms with Crippen molar-refractivity contribution < 1.29 is 9.13 Å². The summed E-state index contributed by atoms with van der Waals surface area (Å²) in [6.07, 6.45) is 0.284. The van der Waals surface area contributed by atoms with Crippen LogP contribution in [0.4, 0.5) is 4.39 Å². The molecule has 0 radical (unpaired) electrons. The van der Waals surface area contributed by atoms with E-state index in [1.165, 1.54) is 13.3 Å². The van der Waals surface area contributed by atoms with Gasteiger partial charge in [0.15, 0.2) is 11.9 Å². The van der Waals surface area contributed by atoms with E-state index in [-0.39, 0.29) is 12.6 Å². The predicted octanol–water partition coefficient (Wildman–Crippen LogP) is 1.44. The van der Waals surface area contributed by atoms with Gasteiger partial charge < -0.3 is 10.5 Å². The fraction of sp³-hybridized carbons (Fsp3) is 0.667. The van der Waals surface area contributed by atoms with E-state index in [0.29, 0.717) is 11.4 Å². The molecule has 0 saturated carbocycles. The number of halogens is 1. The number of hydrogen-bond donors (Lipinski definition) is 1. The molecular formula is C9H16FN3O. The number of nitrogens with zero attached hydrogens (tertiary/aromatic N) is 2. The van der Waals surface area contributed by atoms with Crippen molar-refractivity contribution in [3.05, 3.63) is 11.9 Å². The largest absolute Gasteiger partial charge is 0.493 e. The van der Waals surface area contributed by atoms with E-state index in [1.807, 2.05) is 13.8 Å². The lowest BCUT2D eigenvalue weighted by atomic mass is 10.2. The molecule has 1 rings (SSSR count). The lowest BCUT2D eigenvalue weighted by Gasteiger charge is -2.14. The van der Waals surface area contributed by atoms with Crippen LogP contribution < -0.4 is 10.5 Å². The summed E-state index contributed by atoms with van der Waals surface area (Å²) < 4.78 is 20.1. The first-order valence-electron chi connectivity index (χ1n) is 4.57. The van der Waals surface area contributed by atoms with Crippen molar-refractivity contribution in [2.45, 2.75) is 26.1 Å². The van der Waals surface area contributed by atoms with Gasteiger partial charge in [-0.2, -0.15) is 5.10 Å². The van der Waals surface area contributed by atoms with Crippen molar-refractivity contribution >= 4 is 0 Å². The summed E-state index contributed by atoms with van der Waals surface area (Å²) in [6, 6.07) is 0.0960. The maximum Gasteiger partial charge on any atom is 0.163 e. The molecule has 2 N–H and O–H groups in total. The second-order valence-corrected chi connectivity index (χ2v) is 3.34. The van der Waals surface area contributed by atoms with Gasteiger partial charge in [0.25, 0.3) is 0 Å². The van der Waals surface area contributed by atoms with Crippen molar-refractivity contribution in [3.63, 3.8) is 0 Å². The Kier molecular flexibility index (Phi) is 3.46. The van der Waals surface area contributed by atoms with Gasteiger partial charge in [-0.25, -0.2) is 4.39 Å². The molecule has 1 heterocycles. The van der Waals surface area contributed by atoms with Gasteiger partial charge in [-0.3, -0.25) is 4.68 Å². The Morgan fingerprint density at radius 3 is 2.71 bits per heavy atom. The van der Waals surface area contributed by atoms with E-state index in [9.17, 15) is 4.39 Å². The molecule has 0 amide bonds. The van der Waals surface area contributed by atoms with Crippen LogP contribution >= 0.6 is 0 Å². The molecule has 0 aliphatic heterocycles. The molecule has 1 atom stereocenters. The van der Waals surface area contributed by atoms with Gasteiger partial charge in [-0.05, 0) is 13.8 Å². The van der Waals surface area contributed by atoms with E-state index in [2.05, 4.69) is 5.10 Å². The van der Waals surface area contributed by atoms with Crippen LogP contribution in [0.3, 0.4) is 0 Å². The zero-order valence-electron chi connectivity index (χ0n) is 8.70. The fourth-order valence-electron chi connectivity index (χ4n) is 1.33. The van der Waals surface area contributed by atoms with Crippen molar-refractivity contribution in [3.8, 4) is 5.75 Å². The van der Waals surface area contributed by atoms with Crippen molar-refractivity contribution in [1.82, 2.24) is 9.78 Å². The molecule has 1 aromatic rings. The summed E-state index contributed by atoms with van der Waals surface area (Å²) in [4.78, 5) is 0.